The molecule has 4 rings (SSSR count). The first kappa shape index (κ1) is 40.7. The van der Waals surface area contributed by atoms with Crippen LogP contribution in [0, 0.1) is 0 Å². The topological polar surface area (TPSA) is 133 Å². The summed E-state index contributed by atoms with van der Waals surface area (Å²) in [4.78, 5) is -0.357. The molecule has 0 spiro atoms. The zero-order chi connectivity index (χ0) is 33.4. The van der Waals surface area contributed by atoms with Gasteiger partial charge in [0.05, 0.1) is 9.79 Å². The molecule has 0 saturated carbocycles. The molecule has 0 saturated heterocycles. The maximum absolute atomic E-state index is 11.5. The molecule has 0 radical (unpaired) electrons. The number of rotatable bonds is 16. The van der Waals surface area contributed by atoms with Gasteiger partial charge in [0.15, 0.2) is 0 Å². The van der Waals surface area contributed by atoms with Gasteiger partial charge < -0.3 is 18.6 Å². The Kier molecular flexibility index (Phi) is 18.0. The standard InChI is InChI=1S/2C18H22O4S.Ca/c2*1-2-3-4-8-12-16-17(22-15-10-6-5-7-11-15)13-9-14-18(16)23(19,20)21;/h2*5-7,9-11,13-14H,2-4,8,12H2,1H3,(H,19,20,21);/q;;+2/p-2. The third-order valence-corrected chi connectivity index (χ3v) is 9.06. The molecule has 248 valence electrons. The predicted octanol–water partition coefficient (Wildman–Crippen LogP) is 8.63. The number of para-hydroxylation sites is 2. The van der Waals surface area contributed by atoms with Gasteiger partial charge in [-0.05, 0) is 74.2 Å². The van der Waals surface area contributed by atoms with Crippen molar-refractivity contribution in [3.8, 4) is 23.0 Å². The van der Waals surface area contributed by atoms with Gasteiger partial charge in [0.25, 0.3) is 0 Å². The molecule has 0 aromatic heterocycles. The molecule has 11 heteroatoms. The molecule has 4 aromatic rings. The van der Waals surface area contributed by atoms with Crippen molar-refractivity contribution in [2.45, 2.75) is 87.8 Å². The molecule has 0 N–H and O–H groups in total. The molecule has 4 aromatic carbocycles. The fourth-order valence-electron chi connectivity index (χ4n) is 4.93. The number of hydrogen-bond donors (Lipinski definition) is 0. The summed E-state index contributed by atoms with van der Waals surface area (Å²) in [6, 6.07) is 27.5. The molecule has 47 heavy (non-hydrogen) atoms. The van der Waals surface area contributed by atoms with Crippen molar-refractivity contribution in [1.82, 2.24) is 0 Å². The maximum Gasteiger partial charge on any atom is 2.00 e. The Balaban J connectivity index is 0.000000320. The van der Waals surface area contributed by atoms with Crippen molar-refractivity contribution in [3.63, 3.8) is 0 Å². The Bertz CT molecular complexity index is 1580. The SMILES string of the molecule is CCCCCCc1c(Oc2ccccc2)cccc1S(=O)(=O)[O-].CCCCCCc1c(Oc2ccccc2)cccc1S(=O)(=O)[O-].[Ca+2]. The monoisotopic (exact) mass is 706 g/mol. The van der Waals surface area contributed by atoms with E-state index in [1.54, 1.807) is 48.5 Å². The second kappa shape index (κ2) is 20.8. The van der Waals surface area contributed by atoms with E-state index in [-0.39, 0.29) is 47.5 Å². The second-order valence-electron chi connectivity index (χ2n) is 10.8. The van der Waals surface area contributed by atoms with Crippen molar-refractivity contribution < 1.29 is 35.4 Å². The average molecular weight is 707 g/mol. The van der Waals surface area contributed by atoms with Crippen LogP contribution < -0.4 is 9.47 Å². The Labute approximate surface area is 310 Å². The summed E-state index contributed by atoms with van der Waals surface area (Å²) in [5.41, 5.74) is 0.949. The van der Waals surface area contributed by atoms with Gasteiger partial charge in [0.1, 0.15) is 43.2 Å². The summed E-state index contributed by atoms with van der Waals surface area (Å²) >= 11 is 0. The summed E-state index contributed by atoms with van der Waals surface area (Å²) < 4.78 is 80.8. The Morgan fingerprint density at radius 1 is 0.489 bits per heavy atom. The van der Waals surface area contributed by atoms with Crippen LogP contribution in [-0.2, 0) is 33.1 Å². The van der Waals surface area contributed by atoms with E-state index in [0.29, 0.717) is 47.0 Å². The minimum absolute atomic E-state index is 0. The minimum Gasteiger partial charge on any atom is -0.744 e. The summed E-state index contributed by atoms with van der Waals surface area (Å²) in [5, 5.41) is 0. The van der Waals surface area contributed by atoms with E-state index < -0.39 is 20.2 Å². The molecular weight excluding hydrogens is 665 g/mol. The molecule has 0 fully saturated rings. The van der Waals surface area contributed by atoms with Crippen LogP contribution >= 0.6 is 0 Å². The van der Waals surface area contributed by atoms with E-state index in [1.807, 2.05) is 36.4 Å². The smallest absolute Gasteiger partial charge is 0.744 e. The summed E-state index contributed by atoms with van der Waals surface area (Å²) in [7, 11) is -9.04. The van der Waals surface area contributed by atoms with E-state index in [0.717, 1.165) is 51.4 Å². The van der Waals surface area contributed by atoms with E-state index >= 15 is 0 Å². The Hall–Kier alpha value is -2.44. The Morgan fingerprint density at radius 3 is 1.17 bits per heavy atom. The molecule has 0 aliphatic heterocycles. The second-order valence-corrected chi connectivity index (χ2v) is 13.5. The fourth-order valence-corrected chi connectivity index (χ4v) is 6.43. The summed E-state index contributed by atoms with van der Waals surface area (Å²) in [6.45, 7) is 4.22. The molecule has 0 aliphatic rings. The average Bonchev–Trinajstić information content (AvgIpc) is 3.03. The first-order valence-corrected chi connectivity index (χ1v) is 18.5. The predicted molar refractivity (Wildman–Crippen MR) is 183 cm³/mol. The van der Waals surface area contributed by atoms with Crippen LogP contribution in [0.4, 0.5) is 0 Å². The van der Waals surface area contributed by atoms with E-state index in [2.05, 4.69) is 13.8 Å². The van der Waals surface area contributed by atoms with Gasteiger partial charge in [-0.1, -0.05) is 101 Å². The van der Waals surface area contributed by atoms with Gasteiger partial charge in [-0.3, -0.25) is 0 Å². The van der Waals surface area contributed by atoms with Crippen LogP contribution in [0.25, 0.3) is 0 Å². The van der Waals surface area contributed by atoms with Crippen molar-refractivity contribution in [2.75, 3.05) is 0 Å². The van der Waals surface area contributed by atoms with Gasteiger partial charge in [-0.2, -0.15) is 0 Å². The van der Waals surface area contributed by atoms with Crippen LogP contribution in [0.5, 0.6) is 23.0 Å². The molecule has 0 aliphatic carbocycles. The van der Waals surface area contributed by atoms with Crippen molar-refractivity contribution in [3.05, 3.63) is 108 Å². The first-order valence-electron chi connectivity index (χ1n) is 15.7. The zero-order valence-corrected chi connectivity index (χ0v) is 30.9. The van der Waals surface area contributed by atoms with Gasteiger partial charge >= 0.3 is 37.7 Å². The normalized spacial score (nSPS) is 11.1. The van der Waals surface area contributed by atoms with Crippen LogP contribution in [0.2, 0.25) is 0 Å². The molecule has 0 heterocycles. The van der Waals surface area contributed by atoms with Gasteiger partial charge in [-0.15, -0.1) is 0 Å². The number of benzene rings is 4. The van der Waals surface area contributed by atoms with E-state index in [1.165, 1.54) is 12.1 Å². The van der Waals surface area contributed by atoms with Gasteiger partial charge in [0.2, 0.25) is 0 Å². The third-order valence-electron chi connectivity index (χ3n) is 7.22. The summed E-state index contributed by atoms with van der Waals surface area (Å²) in [5.74, 6) is 2.10. The maximum atomic E-state index is 11.5. The molecular formula is C36H42CaO8S2. The fraction of sp³-hybridized carbons (Fsp3) is 0.333. The molecule has 0 amide bonds. The minimum atomic E-state index is -4.52. The quantitative estimate of drug-likeness (QED) is 0.0643. The molecule has 0 unspecified atom stereocenters. The van der Waals surface area contributed by atoms with Crippen LogP contribution in [0.15, 0.2) is 107 Å². The zero-order valence-electron chi connectivity index (χ0n) is 27.1. The van der Waals surface area contributed by atoms with Gasteiger partial charge in [-0.25, -0.2) is 16.8 Å². The Morgan fingerprint density at radius 2 is 0.851 bits per heavy atom. The number of hydrogen-bond acceptors (Lipinski definition) is 8. The third kappa shape index (κ3) is 13.9. The number of unbranched alkanes of at least 4 members (excludes halogenated alkanes) is 6. The van der Waals surface area contributed by atoms with Crippen LogP contribution in [-0.4, -0.2) is 63.7 Å². The van der Waals surface area contributed by atoms with Gasteiger partial charge in [0, 0.05) is 11.1 Å². The molecule has 8 nitrogen and oxygen atoms in total. The van der Waals surface area contributed by atoms with E-state index in [9.17, 15) is 25.9 Å². The van der Waals surface area contributed by atoms with Crippen molar-refractivity contribution in [2.24, 2.45) is 0 Å². The van der Waals surface area contributed by atoms with Crippen LogP contribution in [0.3, 0.4) is 0 Å². The van der Waals surface area contributed by atoms with Crippen LogP contribution in [0.1, 0.15) is 76.3 Å². The first-order chi connectivity index (χ1) is 22.0. The number of ether oxygens (including phenoxy) is 2. The molecule has 0 bridgehead atoms. The largest absolute Gasteiger partial charge is 2.00 e. The van der Waals surface area contributed by atoms with E-state index in [4.69, 9.17) is 9.47 Å². The van der Waals surface area contributed by atoms with Crippen molar-refractivity contribution in [1.29, 1.82) is 0 Å². The van der Waals surface area contributed by atoms with Crippen molar-refractivity contribution >= 4 is 58.0 Å². The molecule has 0 atom stereocenters. The summed E-state index contributed by atoms with van der Waals surface area (Å²) in [6.07, 6.45) is 9.02.